The normalized spacial score (nSPS) is 12.1. The van der Waals surface area contributed by atoms with Crippen molar-refractivity contribution in [2.24, 2.45) is 4.99 Å². The molecule has 0 bridgehead atoms. The summed E-state index contributed by atoms with van der Waals surface area (Å²) in [5.41, 5.74) is 2.07. The summed E-state index contributed by atoms with van der Waals surface area (Å²) >= 11 is 0. The third-order valence-electron chi connectivity index (χ3n) is 4.25. The van der Waals surface area contributed by atoms with Gasteiger partial charge in [-0.1, -0.05) is 13.8 Å². The van der Waals surface area contributed by atoms with Gasteiger partial charge in [-0.2, -0.15) is 0 Å². The highest BCUT2D eigenvalue weighted by Gasteiger charge is 2.05. The second-order valence-electron chi connectivity index (χ2n) is 5.71. The van der Waals surface area contributed by atoms with Crippen LogP contribution >= 0.6 is 0 Å². The number of hydrogen-bond acceptors (Lipinski definition) is 2. The van der Waals surface area contributed by atoms with Crippen molar-refractivity contribution in [2.75, 3.05) is 39.8 Å². The number of H-pyrrole nitrogens is 1. The molecule has 0 aliphatic heterocycles. The minimum atomic E-state index is -0.204. The summed E-state index contributed by atoms with van der Waals surface area (Å²) in [5, 5.41) is 7.58. The van der Waals surface area contributed by atoms with Crippen LogP contribution in [0.3, 0.4) is 0 Å². The van der Waals surface area contributed by atoms with E-state index >= 15 is 0 Å². The molecule has 3 N–H and O–H groups in total. The Morgan fingerprint density at radius 3 is 2.67 bits per heavy atom. The summed E-state index contributed by atoms with van der Waals surface area (Å²) in [6.07, 6.45) is 2.75. The van der Waals surface area contributed by atoms with Gasteiger partial charge in [-0.25, -0.2) is 4.39 Å². The number of aromatic amines is 1. The van der Waals surface area contributed by atoms with Gasteiger partial charge in [0.1, 0.15) is 5.82 Å². The van der Waals surface area contributed by atoms with E-state index in [1.54, 1.807) is 19.2 Å². The largest absolute Gasteiger partial charge is 0.361 e. The minimum absolute atomic E-state index is 0.204. The summed E-state index contributed by atoms with van der Waals surface area (Å²) in [6.45, 7) is 9.05. The Labute approximate surface area is 143 Å². The Morgan fingerprint density at radius 1 is 1.21 bits per heavy atom. The van der Waals surface area contributed by atoms with Gasteiger partial charge in [0.05, 0.1) is 0 Å². The molecule has 2 aromatic rings. The van der Waals surface area contributed by atoms with Gasteiger partial charge >= 0.3 is 0 Å². The molecule has 0 atom stereocenters. The molecule has 0 amide bonds. The molecule has 2 rings (SSSR count). The number of guanidine groups is 1. The highest BCUT2D eigenvalue weighted by molar-refractivity contribution is 5.83. The molecule has 0 saturated heterocycles. The van der Waals surface area contributed by atoms with Crippen LogP contribution in [0.5, 0.6) is 0 Å². The summed E-state index contributed by atoms with van der Waals surface area (Å²) in [6, 6.07) is 4.83. The molecule has 24 heavy (non-hydrogen) atoms. The van der Waals surface area contributed by atoms with Gasteiger partial charge in [0.15, 0.2) is 5.96 Å². The predicted octanol–water partition coefficient (Wildman–Crippen LogP) is 2.36. The molecule has 0 aliphatic rings. The first-order valence-electron chi connectivity index (χ1n) is 8.60. The number of fused-ring (bicyclic) bond motifs is 1. The van der Waals surface area contributed by atoms with Crippen LogP contribution in [0.15, 0.2) is 29.4 Å². The number of rotatable bonds is 8. The Balaban J connectivity index is 1.80. The molecule has 132 valence electrons. The van der Waals surface area contributed by atoms with Crippen molar-refractivity contribution in [2.45, 2.75) is 20.3 Å². The Kier molecular flexibility index (Phi) is 7.06. The van der Waals surface area contributed by atoms with Crippen LogP contribution in [0.25, 0.3) is 10.9 Å². The lowest BCUT2D eigenvalue weighted by Crippen LogP contribution is -2.42. The van der Waals surface area contributed by atoms with E-state index in [-0.39, 0.29) is 5.82 Å². The van der Waals surface area contributed by atoms with Gasteiger partial charge in [-0.3, -0.25) is 4.99 Å². The molecule has 0 fully saturated rings. The van der Waals surface area contributed by atoms with Crippen molar-refractivity contribution in [1.29, 1.82) is 0 Å². The molecular formula is C18H28FN5. The molecule has 1 heterocycles. The van der Waals surface area contributed by atoms with Crippen LogP contribution in [0, 0.1) is 5.82 Å². The fourth-order valence-corrected chi connectivity index (χ4v) is 2.77. The smallest absolute Gasteiger partial charge is 0.191 e. The Hall–Kier alpha value is -2.08. The minimum Gasteiger partial charge on any atom is -0.361 e. The van der Waals surface area contributed by atoms with E-state index in [2.05, 4.69) is 39.4 Å². The molecule has 1 aromatic heterocycles. The molecule has 0 radical (unpaired) electrons. The van der Waals surface area contributed by atoms with Crippen LogP contribution in [-0.2, 0) is 6.42 Å². The molecule has 5 nitrogen and oxygen atoms in total. The van der Waals surface area contributed by atoms with Gasteiger partial charge in [-0.05, 0) is 43.3 Å². The maximum absolute atomic E-state index is 13.4. The zero-order chi connectivity index (χ0) is 17.4. The van der Waals surface area contributed by atoms with Crippen LogP contribution in [-0.4, -0.2) is 55.6 Å². The third kappa shape index (κ3) is 4.96. The first-order valence-corrected chi connectivity index (χ1v) is 8.60. The van der Waals surface area contributed by atoms with Crippen molar-refractivity contribution in [1.82, 2.24) is 20.5 Å². The number of nitrogens with one attached hydrogen (secondary N) is 3. The van der Waals surface area contributed by atoms with E-state index in [9.17, 15) is 4.39 Å². The number of halogens is 1. The third-order valence-corrected chi connectivity index (χ3v) is 4.25. The highest BCUT2D eigenvalue weighted by Crippen LogP contribution is 2.19. The maximum atomic E-state index is 13.4. The number of benzene rings is 1. The average molecular weight is 333 g/mol. The van der Waals surface area contributed by atoms with Crippen molar-refractivity contribution in [3.63, 3.8) is 0 Å². The summed E-state index contributed by atoms with van der Waals surface area (Å²) in [4.78, 5) is 9.78. The standard InChI is InChI=1S/C18H28FN5/c1-4-24(5-2)11-10-22-18(20-3)21-9-8-14-13-23-17-7-6-15(19)12-16(14)17/h6-7,12-13,23H,4-5,8-11H2,1-3H3,(H2,20,21,22). The SMILES string of the molecule is CCN(CC)CCNC(=NC)NCCc1c[nH]c2ccc(F)cc12. The van der Waals surface area contributed by atoms with Crippen molar-refractivity contribution in [3.05, 3.63) is 35.8 Å². The second kappa shape index (κ2) is 9.27. The number of likely N-dealkylation sites (N-methyl/N-ethyl adjacent to an activating group) is 1. The lowest BCUT2D eigenvalue weighted by atomic mass is 10.1. The van der Waals surface area contributed by atoms with Gasteiger partial charge < -0.3 is 20.5 Å². The molecule has 1 aromatic carbocycles. The highest BCUT2D eigenvalue weighted by atomic mass is 19.1. The van der Waals surface area contributed by atoms with Crippen LogP contribution in [0.1, 0.15) is 19.4 Å². The van der Waals surface area contributed by atoms with Crippen LogP contribution in [0.4, 0.5) is 4.39 Å². The number of aromatic nitrogens is 1. The van der Waals surface area contributed by atoms with E-state index in [1.807, 2.05) is 6.20 Å². The topological polar surface area (TPSA) is 55.4 Å². The monoisotopic (exact) mass is 333 g/mol. The second-order valence-corrected chi connectivity index (χ2v) is 5.71. The Bertz CT molecular complexity index is 660. The molecule has 0 unspecified atom stereocenters. The van der Waals surface area contributed by atoms with Crippen molar-refractivity contribution in [3.8, 4) is 0 Å². The molecule has 0 spiro atoms. The van der Waals surface area contributed by atoms with E-state index in [0.29, 0.717) is 0 Å². The quantitative estimate of drug-likeness (QED) is 0.513. The Morgan fingerprint density at radius 2 is 1.96 bits per heavy atom. The zero-order valence-corrected chi connectivity index (χ0v) is 14.8. The molecule has 6 heteroatoms. The molecular weight excluding hydrogens is 305 g/mol. The van der Waals surface area contributed by atoms with Crippen LogP contribution < -0.4 is 10.6 Å². The van der Waals surface area contributed by atoms with Gasteiger partial charge in [0, 0.05) is 43.8 Å². The van der Waals surface area contributed by atoms with E-state index < -0.39 is 0 Å². The first kappa shape index (κ1) is 18.3. The fourth-order valence-electron chi connectivity index (χ4n) is 2.77. The van der Waals surface area contributed by atoms with Gasteiger partial charge in [0.2, 0.25) is 0 Å². The van der Waals surface area contributed by atoms with Crippen molar-refractivity contribution < 1.29 is 4.39 Å². The number of nitrogens with zero attached hydrogens (tertiary/aromatic N) is 2. The first-order chi connectivity index (χ1) is 11.7. The summed E-state index contributed by atoms with van der Waals surface area (Å²) in [5.74, 6) is 0.596. The van der Waals surface area contributed by atoms with E-state index in [1.165, 1.54) is 6.07 Å². The van der Waals surface area contributed by atoms with Crippen LogP contribution in [0.2, 0.25) is 0 Å². The molecule has 0 saturated carbocycles. The lowest BCUT2D eigenvalue weighted by Gasteiger charge is -2.19. The maximum Gasteiger partial charge on any atom is 0.191 e. The number of hydrogen-bond donors (Lipinski definition) is 3. The average Bonchev–Trinajstić information content (AvgIpc) is 2.99. The number of aliphatic imine (C=N–C) groups is 1. The molecule has 0 aliphatic carbocycles. The van der Waals surface area contributed by atoms with E-state index in [0.717, 1.165) is 61.6 Å². The lowest BCUT2D eigenvalue weighted by molar-refractivity contribution is 0.308. The predicted molar refractivity (Wildman–Crippen MR) is 99.1 cm³/mol. The van der Waals surface area contributed by atoms with E-state index in [4.69, 9.17) is 0 Å². The fraction of sp³-hybridized carbons (Fsp3) is 0.500. The summed E-state index contributed by atoms with van der Waals surface area (Å²) in [7, 11) is 1.77. The zero-order valence-electron chi connectivity index (χ0n) is 14.8. The van der Waals surface area contributed by atoms with Crippen molar-refractivity contribution >= 4 is 16.9 Å². The summed E-state index contributed by atoms with van der Waals surface area (Å²) < 4.78 is 13.4. The van der Waals surface area contributed by atoms with Gasteiger partial charge in [0.25, 0.3) is 0 Å². The van der Waals surface area contributed by atoms with Gasteiger partial charge in [-0.15, -0.1) is 0 Å².